The first-order valence-corrected chi connectivity index (χ1v) is 7.06. The van der Waals surface area contributed by atoms with Crippen LogP contribution in [0, 0.1) is 5.92 Å². The number of hydrogen-bond donors (Lipinski definition) is 1. The summed E-state index contributed by atoms with van der Waals surface area (Å²) >= 11 is 0. The van der Waals surface area contributed by atoms with E-state index in [0.29, 0.717) is 5.92 Å². The second kappa shape index (κ2) is 4.34. The Labute approximate surface area is 118 Å². The van der Waals surface area contributed by atoms with Gasteiger partial charge in [-0.15, -0.1) is 0 Å². The van der Waals surface area contributed by atoms with Crippen molar-refractivity contribution >= 4 is 17.1 Å². The monoisotopic (exact) mass is 260 g/mol. The molecule has 1 unspecified atom stereocenters. The van der Waals surface area contributed by atoms with Crippen LogP contribution in [0.2, 0.25) is 0 Å². The molecule has 0 radical (unpaired) electrons. The van der Waals surface area contributed by atoms with Crippen molar-refractivity contribution in [2.75, 3.05) is 0 Å². The molecule has 1 N–H and O–H groups in total. The molecule has 0 spiro atoms. The Morgan fingerprint density at radius 3 is 2.90 bits per heavy atom. The summed E-state index contributed by atoms with van der Waals surface area (Å²) in [6.45, 7) is 2.26. The average molecular weight is 260 g/mol. The molecule has 2 heteroatoms. The molecule has 1 aliphatic carbocycles. The highest BCUT2D eigenvalue weighted by atomic mass is 14.9. The maximum absolute atomic E-state index is 4.74. The summed E-state index contributed by atoms with van der Waals surface area (Å²) in [6.07, 6.45) is 5.60. The maximum Gasteiger partial charge on any atom is 0.138 e. The number of fused-ring (bicyclic) bond motifs is 2. The van der Waals surface area contributed by atoms with Crippen LogP contribution in [-0.2, 0) is 6.42 Å². The van der Waals surface area contributed by atoms with Crippen LogP contribution in [0.3, 0.4) is 0 Å². The number of imidazole rings is 1. The molecular weight excluding hydrogens is 244 g/mol. The molecule has 0 fully saturated rings. The van der Waals surface area contributed by atoms with Crippen LogP contribution in [0.25, 0.3) is 28.5 Å². The number of aromatic amines is 1. The molecule has 4 rings (SSSR count). The molecule has 1 heterocycles. The lowest BCUT2D eigenvalue weighted by Gasteiger charge is -2.18. The average Bonchev–Trinajstić information content (AvgIpc) is 2.90. The first kappa shape index (κ1) is 11.5. The van der Waals surface area contributed by atoms with Gasteiger partial charge in [0, 0.05) is 5.56 Å². The van der Waals surface area contributed by atoms with E-state index in [4.69, 9.17) is 4.98 Å². The van der Waals surface area contributed by atoms with E-state index >= 15 is 0 Å². The lowest BCUT2D eigenvalue weighted by atomic mass is 9.87. The highest BCUT2D eigenvalue weighted by molar-refractivity contribution is 5.81. The highest BCUT2D eigenvalue weighted by Crippen LogP contribution is 2.31. The normalized spacial score (nSPS) is 17.4. The van der Waals surface area contributed by atoms with Crippen LogP contribution in [0.4, 0.5) is 0 Å². The van der Waals surface area contributed by atoms with Crippen LogP contribution in [0.1, 0.15) is 18.1 Å². The fourth-order valence-corrected chi connectivity index (χ4v) is 2.95. The Hall–Kier alpha value is -2.35. The van der Waals surface area contributed by atoms with Crippen molar-refractivity contribution in [1.82, 2.24) is 9.97 Å². The Balaban J connectivity index is 1.92. The Kier molecular flexibility index (Phi) is 2.49. The van der Waals surface area contributed by atoms with Crippen LogP contribution >= 0.6 is 0 Å². The summed E-state index contributed by atoms with van der Waals surface area (Å²) < 4.78 is 0. The van der Waals surface area contributed by atoms with Crippen LogP contribution in [0.15, 0.2) is 48.5 Å². The van der Waals surface area contributed by atoms with E-state index in [1.165, 1.54) is 16.7 Å². The van der Waals surface area contributed by atoms with Crippen molar-refractivity contribution in [2.45, 2.75) is 13.3 Å². The second-order valence-electron chi connectivity index (χ2n) is 5.52. The third-order valence-electron chi connectivity index (χ3n) is 3.99. The van der Waals surface area contributed by atoms with E-state index in [1.54, 1.807) is 0 Å². The van der Waals surface area contributed by atoms with Gasteiger partial charge < -0.3 is 4.98 Å². The molecule has 3 aromatic rings. The summed E-state index contributed by atoms with van der Waals surface area (Å²) in [4.78, 5) is 8.18. The zero-order chi connectivity index (χ0) is 13.5. The molecule has 0 saturated carbocycles. The number of nitrogens with one attached hydrogen (secondary N) is 1. The van der Waals surface area contributed by atoms with Crippen molar-refractivity contribution in [3.05, 3.63) is 59.7 Å². The van der Waals surface area contributed by atoms with Crippen LogP contribution < -0.4 is 0 Å². The van der Waals surface area contributed by atoms with Crippen molar-refractivity contribution in [1.29, 1.82) is 0 Å². The molecular formula is C18H16N2. The van der Waals surface area contributed by atoms with Gasteiger partial charge in [-0.2, -0.15) is 0 Å². The predicted molar refractivity (Wildman–Crippen MR) is 83.4 cm³/mol. The van der Waals surface area contributed by atoms with Crippen molar-refractivity contribution < 1.29 is 0 Å². The number of allylic oxidation sites excluding steroid dienone is 1. The number of H-pyrrole nitrogens is 1. The SMILES string of the molecule is CC1C=Cc2cccc(-c3nc4ccccc4[nH]3)c2C1. The van der Waals surface area contributed by atoms with Gasteiger partial charge in [0.2, 0.25) is 0 Å². The van der Waals surface area contributed by atoms with Gasteiger partial charge >= 0.3 is 0 Å². The molecule has 0 amide bonds. The quantitative estimate of drug-likeness (QED) is 0.688. The number of nitrogens with zero attached hydrogens (tertiary/aromatic N) is 1. The Morgan fingerprint density at radius 2 is 2.00 bits per heavy atom. The van der Waals surface area contributed by atoms with Crippen LogP contribution in [-0.4, -0.2) is 9.97 Å². The zero-order valence-corrected chi connectivity index (χ0v) is 11.4. The molecule has 0 aliphatic heterocycles. The van der Waals surface area contributed by atoms with E-state index in [0.717, 1.165) is 23.3 Å². The highest BCUT2D eigenvalue weighted by Gasteiger charge is 2.16. The molecule has 2 aromatic carbocycles. The minimum Gasteiger partial charge on any atom is -0.338 e. The van der Waals surface area contributed by atoms with Gasteiger partial charge in [-0.25, -0.2) is 4.98 Å². The molecule has 0 bridgehead atoms. The molecule has 98 valence electrons. The fraction of sp³-hybridized carbons (Fsp3) is 0.167. The third kappa shape index (κ3) is 1.76. The number of hydrogen-bond acceptors (Lipinski definition) is 1. The topological polar surface area (TPSA) is 28.7 Å². The maximum atomic E-state index is 4.74. The minimum absolute atomic E-state index is 0.591. The van der Waals surface area contributed by atoms with Gasteiger partial charge in [0.1, 0.15) is 5.82 Å². The number of aromatic nitrogens is 2. The van der Waals surface area contributed by atoms with Crippen molar-refractivity contribution in [3.8, 4) is 11.4 Å². The van der Waals surface area contributed by atoms with E-state index in [1.807, 2.05) is 18.2 Å². The Bertz CT molecular complexity index is 778. The first-order valence-electron chi connectivity index (χ1n) is 7.06. The molecule has 1 aromatic heterocycles. The zero-order valence-electron chi connectivity index (χ0n) is 11.4. The van der Waals surface area contributed by atoms with E-state index in [9.17, 15) is 0 Å². The third-order valence-corrected chi connectivity index (χ3v) is 3.99. The number of para-hydroxylation sites is 2. The standard InChI is InChI=1S/C18H16N2/c1-12-9-10-13-5-4-6-14(15(13)11-12)18-19-16-7-2-3-8-17(16)20-18/h2-10,12H,11H2,1H3,(H,19,20). The summed E-state index contributed by atoms with van der Waals surface area (Å²) in [7, 11) is 0. The largest absolute Gasteiger partial charge is 0.338 e. The van der Waals surface area contributed by atoms with Crippen molar-refractivity contribution in [3.63, 3.8) is 0 Å². The van der Waals surface area contributed by atoms with Gasteiger partial charge in [-0.1, -0.05) is 49.4 Å². The van der Waals surface area contributed by atoms with Crippen molar-refractivity contribution in [2.24, 2.45) is 5.92 Å². The number of benzene rings is 2. The fourth-order valence-electron chi connectivity index (χ4n) is 2.95. The molecule has 20 heavy (non-hydrogen) atoms. The lowest BCUT2D eigenvalue weighted by molar-refractivity contribution is 0.718. The Morgan fingerprint density at radius 1 is 1.10 bits per heavy atom. The summed E-state index contributed by atoms with van der Waals surface area (Å²) in [6, 6.07) is 14.7. The number of rotatable bonds is 1. The minimum atomic E-state index is 0.591. The smallest absolute Gasteiger partial charge is 0.138 e. The molecule has 0 saturated heterocycles. The van der Waals surface area contributed by atoms with E-state index in [2.05, 4.69) is 48.3 Å². The van der Waals surface area contributed by atoms with E-state index in [-0.39, 0.29) is 0 Å². The van der Waals surface area contributed by atoms with Gasteiger partial charge in [0.25, 0.3) is 0 Å². The lowest BCUT2D eigenvalue weighted by Crippen LogP contribution is -2.05. The van der Waals surface area contributed by atoms with Gasteiger partial charge in [-0.3, -0.25) is 0 Å². The molecule has 1 aliphatic rings. The summed E-state index contributed by atoms with van der Waals surface area (Å²) in [5.74, 6) is 1.57. The van der Waals surface area contributed by atoms with Gasteiger partial charge in [0.15, 0.2) is 0 Å². The molecule has 2 nitrogen and oxygen atoms in total. The first-order chi connectivity index (χ1) is 9.81. The molecule has 1 atom stereocenters. The van der Waals surface area contributed by atoms with Crippen LogP contribution in [0.5, 0.6) is 0 Å². The van der Waals surface area contributed by atoms with Gasteiger partial charge in [-0.05, 0) is 35.6 Å². The predicted octanol–water partition coefficient (Wildman–Crippen LogP) is 4.44. The second-order valence-corrected chi connectivity index (χ2v) is 5.52. The van der Waals surface area contributed by atoms with E-state index < -0.39 is 0 Å². The summed E-state index contributed by atoms with van der Waals surface area (Å²) in [5.41, 5.74) is 6.08. The summed E-state index contributed by atoms with van der Waals surface area (Å²) in [5, 5.41) is 0. The van der Waals surface area contributed by atoms with Gasteiger partial charge in [0.05, 0.1) is 11.0 Å².